The highest BCUT2D eigenvalue weighted by molar-refractivity contribution is 6.88. The van der Waals surface area contributed by atoms with Crippen LogP contribution in [0, 0.1) is 5.92 Å². The normalized spacial score (nSPS) is 17.7. The van der Waals surface area contributed by atoms with Crippen LogP contribution in [0.1, 0.15) is 36.6 Å². The Kier molecular flexibility index (Phi) is 7.05. The Balaban J connectivity index is 1.82. The number of carbonyl (C=O) groups is 3. The van der Waals surface area contributed by atoms with Gasteiger partial charge in [0.2, 0.25) is 11.8 Å². The second-order valence-corrected chi connectivity index (χ2v) is 14.2. The minimum absolute atomic E-state index is 0.000703. The van der Waals surface area contributed by atoms with Crippen molar-refractivity contribution >= 4 is 42.9 Å². The van der Waals surface area contributed by atoms with Gasteiger partial charge >= 0.3 is 0 Å². The molecule has 3 amide bonds. The van der Waals surface area contributed by atoms with E-state index >= 15 is 0 Å². The van der Waals surface area contributed by atoms with E-state index in [0.29, 0.717) is 16.8 Å². The van der Waals surface area contributed by atoms with E-state index in [1.54, 1.807) is 31.2 Å². The van der Waals surface area contributed by atoms with Crippen LogP contribution in [0.25, 0.3) is 0 Å². The van der Waals surface area contributed by atoms with Gasteiger partial charge in [-0.15, -0.1) is 0 Å². The lowest BCUT2D eigenvalue weighted by Crippen LogP contribution is -2.40. The number of carbonyl (C=O) groups excluding carboxylic acids is 3. The van der Waals surface area contributed by atoms with E-state index in [0.717, 1.165) is 0 Å². The maximum absolute atomic E-state index is 13.2. The van der Waals surface area contributed by atoms with Gasteiger partial charge in [-0.25, -0.2) is 4.99 Å². The first kappa shape index (κ1) is 23.6. The average molecular weight is 452 g/mol. The number of aliphatic hydroxyl groups is 1. The highest BCUT2D eigenvalue weighted by Crippen LogP contribution is 2.21. The molecule has 2 aromatic carbocycles. The van der Waals surface area contributed by atoms with Crippen LogP contribution in [0.5, 0.6) is 0 Å². The lowest BCUT2D eigenvalue weighted by molar-refractivity contribution is -0.129. The van der Waals surface area contributed by atoms with Gasteiger partial charge in [0.15, 0.2) is 0 Å². The molecule has 0 saturated heterocycles. The number of rotatable bonds is 7. The van der Waals surface area contributed by atoms with Crippen molar-refractivity contribution < 1.29 is 19.5 Å². The van der Waals surface area contributed by atoms with Crippen LogP contribution in [-0.4, -0.2) is 37.1 Å². The van der Waals surface area contributed by atoms with Crippen LogP contribution in [0.4, 0.5) is 5.69 Å². The molecule has 3 N–H and O–H groups in total. The Labute approximate surface area is 189 Å². The SMILES string of the molecule is CC(O)c1ccc(C(NC(=O)C2C=NC(=O)C2)C(=O)Nc2ccc([Si](C)(C)C)cc2)cc1. The standard InChI is InChI=1S/C24H29N3O4Si/c1-15(28)16-5-7-17(8-6-16)22(27-23(30)18-13-21(29)25-14-18)24(31)26-19-9-11-20(12-10-19)32(2,3)4/h5-12,14-15,18,22,28H,13H2,1-4H3,(H,26,31)(H,27,30). The Morgan fingerprint density at radius 2 is 1.62 bits per heavy atom. The molecule has 1 aliphatic heterocycles. The quantitative estimate of drug-likeness (QED) is 0.563. The van der Waals surface area contributed by atoms with E-state index in [2.05, 4.69) is 35.3 Å². The molecule has 0 saturated carbocycles. The van der Waals surface area contributed by atoms with Crippen molar-refractivity contribution in [1.29, 1.82) is 0 Å². The monoisotopic (exact) mass is 451 g/mol. The van der Waals surface area contributed by atoms with E-state index in [-0.39, 0.29) is 12.3 Å². The van der Waals surface area contributed by atoms with Gasteiger partial charge in [0.25, 0.3) is 5.91 Å². The number of aliphatic hydroxyl groups excluding tert-OH is 1. The van der Waals surface area contributed by atoms with Gasteiger partial charge in [0.05, 0.1) is 20.1 Å². The lowest BCUT2D eigenvalue weighted by Gasteiger charge is -2.21. The zero-order valence-corrected chi connectivity index (χ0v) is 19.8. The van der Waals surface area contributed by atoms with Gasteiger partial charge in [-0.1, -0.05) is 61.2 Å². The van der Waals surface area contributed by atoms with Crippen LogP contribution >= 0.6 is 0 Å². The van der Waals surface area contributed by atoms with Crippen molar-refractivity contribution in [3.63, 3.8) is 0 Å². The third kappa shape index (κ3) is 5.77. The molecule has 0 radical (unpaired) electrons. The van der Waals surface area contributed by atoms with Crippen LogP contribution in [0.3, 0.4) is 0 Å². The Morgan fingerprint density at radius 1 is 1.03 bits per heavy atom. The fourth-order valence-corrected chi connectivity index (χ4v) is 4.58. The molecule has 3 rings (SSSR count). The zero-order chi connectivity index (χ0) is 23.5. The van der Waals surface area contributed by atoms with Crippen molar-refractivity contribution in [2.75, 3.05) is 5.32 Å². The number of hydrogen-bond acceptors (Lipinski definition) is 4. The molecule has 2 aromatic rings. The minimum Gasteiger partial charge on any atom is -0.389 e. The van der Waals surface area contributed by atoms with Gasteiger partial charge in [0, 0.05) is 18.3 Å². The summed E-state index contributed by atoms with van der Waals surface area (Å²) in [6, 6.07) is 13.6. The predicted octanol–water partition coefficient (Wildman–Crippen LogP) is 2.70. The smallest absolute Gasteiger partial charge is 0.251 e. The van der Waals surface area contributed by atoms with E-state index < -0.39 is 38.0 Å². The van der Waals surface area contributed by atoms with Crippen LogP contribution in [0.2, 0.25) is 19.6 Å². The van der Waals surface area contributed by atoms with E-state index in [4.69, 9.17) is 0 Å². The maximum atomic E-state index is 13.2. The number of amides is 3. The molecule has 0 aliphatic carbocycles. The molecular weight excluding hydrogens is 422 g/mol. The van der Waals surface area contributed by atoms with Crippen LogP contribution in [0.15, 0.2) is 53.5 Å². The van der Waals surface area contributed by atoms with Crippen molar-refractivity contribution in [3.05, 3.63) is 59.7 Å². The molecule has 3 atom stereocenters. The van der Waals surface area contributed by atoms with Crippen molar-refractivity contribution in [2.45, 2.75) is 45.1 Å². The molecule has 1 heterocycles. The van der Waals surface area contributed by atoms with Crippen molar-refractivity contribution in [3.8, 4) is 0 Å². The first-order chi connectivity index (χ1) is 15.0. The number of nitrogens with one attached hydrogen (secondary N) is 2. The van der Waals surface area contributed by atoms with Gasteiger partial charge in [-0.05, 0) is 30.2 Å². The predicted molar refractivity (Wildman–Crippen MR) is 128 cm³/mol. The molecule has 0 aromatic heterocycles. The number of benzene rings is 2. The van der Waals surface area contributed by atoms with Gasteiger partial charge in [0.1, 0.15) is 6.04 Å². The van der Waals surface area contributed by atoms with Crippen LogP contribution < -0.4 is 15.8 Å². The molecular formula is C24H29N3O4Si. The van der Waals surface area contributed by atoms with E-state index in [1.807, 2.05) is 24.3 Å². The molecule has 7 nitrogen and oxygen atoms in total. The summed E-state index contributed by atoms with van der Waals surface area (Å²) in [4.78, 5) is 40.9. The van der Waals surface area contributed by atoms with Crippen molar-refractivity contribution in [1.82, 2.24) is 5.32 Å². The van der Waals surface area contributed by atoms with Gasteiger partial charge < -0.3 is 15.7 Å². The van der Waals surface area contributed by atoms with E-state index in [9.17, 15) is 19.5 Å². The molecule has 8 heteroatoms. The summed E-state index contributed by atoms with van der Waals surface area (Å²) in [5, 5.41) is 16.7. The number of aliphatic imine (C=N–C) groups is 1. The summed E-state index contributed by atoms with van der Waals surface area (Å²) < 4.78 is 0. The zero-order valence-electron chi connectivity index (χ0n) is 18.8. The summed E-state index contributed by atoms with van der Waals surface area (Å²) in [5.41, 5.74) is 1.91. The minimum atomic E-state index is -1.46. The largest absolute Gasteiger partial charge is 0.389 e. The van der Waals surface area contributed by atoms with Gasteiger partial charge in [-0.2, -0.15) is 0 Å². The number of anilines is 1. The number of nitrogens with zero attached hydrogens (tertiary/aromatic N) is 1. The molecule has 0 bridgehead atoms. The highest BCUT2D eigenvalue weighted by atomic mass is 28.3. The van der Waals surface area contributed by atoms with E-state index in [1.165, 1.54) is 11.4 Å². The Bertz CT molecular complexity index is 1020. The topological polar surface area (TPSA) is 108 Å². The molecule has 0 spiro atoms. The molecule has 168 valence electrons. The fourth-order valence-electron chi connectivity index (χ4n) is 3.41. The molecule has 3 unspecified atom stereocenters. The van der Waals surface area contributed by atoms with Crippen LogP contribution in [-0.2, 0) is 14.4 Å². The summed E-state index contributed by atoms with van der Waals surface area (Å²) in [6.07, 6.45) is 0.675. The third-order valence-electron chi connectivity index (χ3n) is 5.45. The first-order valence-electron chi connectivity index (χ1n) is 10.6. The first-order valence-corrected chi connectivity index (χ1v) is 14.1. The summed E-state index contributed by atoms with van der Waals surface area (Å²) >= 11 is 0. The van der Waals surface area contributed by atoms with Crippen molar-refractivity contribution in [2.24, 2.45) is 10.9 Å². The summed E-state index contributed by atoms with van der Waals surface area (Å²) in [7, 11) is -1.46. The average Bonchev–Trinajstić information content (AvgIpc) is 3.18. The van der Waals surface area contributed by atoms with Gasteiger partial charge in [-0.3, -0.25) is 14.4 Å². The highest BCUT2D eigenvalue weighted by Gasteiger charge is 2.30. The molecule has 0 fully saturated rings. The number of hydrogen-bond donors (Lipinski definition) is 3. The molecule has 1 aliphatic rings. The lowest BCUT2D eigenvalue weighted by atomic mass is 10.0. The maximum Gasteiger partial charge on any atom is 0.251 e. The second-order valence-electron chi connectivity index (χ2n) is 9.08. The summed E-state index contributed by atoms with van der Waals surface area (Å²) in [5.74, 6) is -1.88. The Morgan fingerprint density at radius 3 is 2.12 bits per heavy atom. The summed E-state index contributed by atoms with van der Waals surface area (Å²) in [6.45, 7) is 8.40. The molecule has 32 heavy (non-hydrogen) atoms. The second kappa shape index (κ2) is 9.58. The fraction of sp³-hybridized carbons (Fsp3) is 0.333. The Hall–Kier alpha value is -3.10. The third-order valence-corrected chi connectivity index (χ3v) is 7.51.